The minimum atomic E-state index is -0.335. The fourth-order valence-corrected chi connectivity index (χ4v) is 2.14. The second-order valence-corrected chi connectivity index (χ2v) is 4.78. The van der Waals surface area contributed by atoms with Gasteiger partial charge in [0.15, 0.2) is 0 Å². The summed E-state index contributed by atoms with van der Waals surface area (Å²) in [5, 5.41) is 0.535. The van der Waals surface area contributed by atoms with Gasteiger partial charge in [0.25, 0.3) is 0 Å². The van der Waals surface area contributed by atoms with Crippen LogP contribution >= 0.6 is 11.6 Å². The van der Waals surface area contributed by atoms with Crippen molar-refractivity contribution in [2.45, 2.75) is 13.0 Å². The molecule has 0 bridgehead atoms. The Morgan fingerprint density at radius 2 is 1.89 bits per heavy atom. The summed E-state index contributed by atoms with van der Waals surface area (Å²) in [4.78, 5) is 0. The number of hydrogen-bond acceptors (Lipinski definition) is 2. The molecule has 2 nitrogen and oxygen atoms in total. The molecular formula is C15H15ClFNO. The van der Waals surface area contributed by atoms with Crippen LogP contribution in [0.4, 0.5) is 4.39 Å². The zero-order valence-corrected chi connectivity index (χ0v) is 11.5. The van der Waals surface area contributed by atoms with Crippen LogP contribution in [0.1, 0.15) is 18.5 Å². The summed E-state index contributed by atoms with van der Waals surface area (Å²) in [5.41, 5.74) is 8.13. The molecule has 0 saturated heterocycles. The smallest absolute Gasteiger partial charge is 0.126 e. The van der Waals surface area contributed by atoms with Crippen LogP contribution in [-0.2, 0) is 0 Å². The van der Waals surface area contributed by atoms with Gasteiger partial charge < -0.3 is 10.5 Å². The van der Waals surface area contributed by atoms with E-state index in [-0.39, 0.29) is 11.9 Å². The van der Waals surface area contributed by atoms with Crippen molar-refractivity contribution in [1.29, 1.82) is 0 Å². The summed E-state index contributed by atoms with van der Waals surface area (Å²) in [6.07, 6.45) is 0. The molecule has 0 fully saturated rings. The highest BCUT2D eigenvalue weighted by Gasteiger charge is 2.12. The van der Waals surface area contributed by atoms with Gasteiger partial charge in [-0.2, -0.15) is 0 Å². The zero-order chi connectivity index (χ0) is 14.0. The summed E-state index contributed by atoms with van der Waals surface area (Å²) in [6, 6.07) is 9.72. The average Bonchev–Trinajstić information content (AvgIpc) is 2.39. The molecule has 0 aromatic heterocycles. The van der Waals surface area contributed by atoms with Gasteiger partial charge in [-0.3, -0.25) is 0 Å². The van der Waals surface area contributed by atoms with Crippen molar-refractivity contribution >= 4 is 11.6 Å². The summed E-state index contributed by atoms with van der Waals surface area (Å²) in [5.74, 6) is 0.239. The molecule has 2 N–H and O–H groups in total. The van der Waals surface area contributed by atoms with Crippen molar-refractivity contribution < 1.29 is 9.13 Å². The molecule has 100 valence electrons. The van der Waals surface area contributed by atoms with E-state index >= 15 is 0 Å². The Hall–Kier alpha value is -1.58. The second-order valence-electron chi connectivity index (χ2n) is 4.37. The number of nitrogens with two attached hydrogens (primary N) is 1. The van der Waals surface area contributed by atoms with Crippen LogP contribution in [0, 0.1) is 5.82 Å². The van der Waals surface area contributed by atoms with Gasteiger partial charge in [-0.1, -0.05) is 17.7 Å². The van der Waals surface area contributed by atoms with Crippen molar-refractivity contribution in [3.8, 4) is 16.9 Å². The lowest BCUT2D eigenvalue weighted by atomic mass is 9.99. The summed E-state index contributed by atoms with van der Waals surface area (Å²) >= 11 is 6.20. The predicted octanol–water partition coefficient (Wildman–Crippen LogP) is 4.17. The molecule has 4 heteroatoms. The van der Waals surface area contributed by atoms with E-state index in [9.17, 15) is 4.39 Å². The maximum absolute atomic E-state index is 13.4. The van der Waals surface area contributed by atoms with Crippen LogP contribution in [0.25, 0.3) is 11.1 Å². The molecule has 2 rings (SSSR count). The Morgan fingerprint density at radius 1 is 1.16 bits per heavy atom. The molecule has 1 atom stereocenters. The van der Waals surface area contributed by atoms with Crippen LogP contribution in [0.3, 0.4) is 0 Å². The molecule has 1 unspecified atom stereocenters. The molecule has 0 heterocycles. The lowest BCUT2D eigenvalue weighted by Crippen LogP contribution is -2.05. The molecule has 19 heavy (non-hydrogen) atoms. The molecule has 0 aliphatic rings. The molecule has 0 saturated carbocycles. The second kappa shape index (κ2) is 5.59. The van der Waals surface area contributed by atoms with Gasteiger partial charge in [-0.05, 0) is 42.8 Å². The lowest BCUT2D eigenvalue weighted by Gasteiger charge is -2.13. The standard InChI is InChI=1S/C15H15ClFNO/c1-9(18)10-3-5-14(16)12(7-10)13-8-11(17)4-6-15(13)19-2/h3-9H,18H2,1-2H3. The Morgan fingerprint density at radius 3 is 2.53 bits per heavy atom. The van der Waals surface area contributed by atoms with E-state index in [1.807, 2.05) is 19.1 Å². The van der Waals surface area contributed by atoms with Gasteiger partial charge in [-0.15, -0.1) is 0 Å². The number of benzene rings is 2. The monoisotopic (exact) mass is 279 g/mol. The lowest BCUT2D eigenvalue weighted by molar-refractivity contribution is 0.415. The van der Waals surface area contributed by atoms with Crippen LogP contribution < -0.4 is 10.5 Å². The van der Waals surface area contributed by atoms with Gasteiger partial charge in [0, 0.05) is 22.2 Å². The van der Waals surface area contributed by atoms with E-state index in [0.717, 1.165) is 5.56 Å². The summed E-state index contributed by atoms with van der Waals surface area (Å²) < 4.78 is 18.7. The predicted molar refractivity (Wildman–Crippen MR) is 76.0 cm³/mol. The number of ether oxygens (including phenoxy) is 1. The normalized spacial score (nSPS) is 12.3. The Bertz CT molecular complexity index is 599. The highest BCUT2D eigenvalue weighted by molar-refractivity contribution is 6.33. The van der Waals surface area contributed by atoms with Crippen molar-refractivity contribution in [2.75, 3.05) is 7.11 Å². The van der Waals surface area contributed by atoms with Gasteiger partial charge in [0.1, 0.15) is 11.6 Å². The van der Waals surface area contributed by atoms with E-state index in [1.54, 1.807) is 19.2 Å². The molecule has 2 aromatic carbocycles. The minimum absolute atomic E-state index is 0.115. The quantitative estimate of drug-likeness (QED) is 0.915. The third-order valence-electron chi connectivity index (χ3n) is 2.97. The van der Waals surface area contributed by atoms with Crippen LogP contribution in [0.2, 0.25) is 5.02 Å². The van der Waals surface area contributed by atoms with E-state index in [1.165, 1.54) is 12.1 Å². The molecule has 0 aliphatic heterocycles. The first-order chi connectivity index (χ1) is 9.02. The molecule has 0 radical (unpaired) electrons. The van der Waals surface area contributed by atoms with Gasteiger partial charge in [0.05, 0.1) is 7.11 Å². The van der Waals surface area contributed by atoms with Gasteiger partial charge >= 0.3 is 0 Å². The fourth-order valence-electron chi connectivity index (χ4n) is 1.92. The largest absolute Gasteiger partial charge is 0.496 e. The van der Waals surface area contributed by atoms with E-state index in [0.29, 0.717) is 21.9 Å². The highest BCUT2D eigenvalue weighted by atomic mass is 35.5. The van der Waals surface area contributed by atoms with Crippen molar-refractivity contribution in [2.24, 2.45) is 5.73 Å². The third-order valence-corrected chi connectivity index (χ3v) is 3.30. The Labute approximate surface area is 117 Å². The summed E-state index contributed by atoms with van der Waals surface area (Å²) in [7, 11) is 1.54. The van der Waals surface area contributed by atoms with Crippen molar-refractivity contribution in [1.82, 2.24) is 0 Å². The Balaban J connectivity index is 2.63. The average molecular weight is 280 g/mol. The topological polar surface area (TPSA) is 35.2 Å². The van der Waals surface area contributed by atoms with Gasteiger partial charge in [0.2, 0.25) is 0 Å². The van der Waals surface area contributed by atoms with Crippen LogP contribution in [0.5, 0.6) is 5.75 Å². The van der Waals surface area contributed by atoms with Crippen molar-refractivity contribution in [3.63, 3.8) is 0 Å². The van der Waals surface area contributed by atoms with Crippen LogP contribution in [-0.4, -0.2) is 7.11 Å². The summed E-state index contributed by atoms with van der Waals surface area (Å²) in [6.45, 7) is 1.88. The first-order valence-corrected chi connectivity index (χ1v) is 6.29. The van der Waals surface area contributed by atoms with Crippen LogP contribution in [0.15, 0.2) is 36.4 Å². The molecule has 0 aliphatic carbocycles. The maximum Gasteiger partial charge on any atom is 0.126 e. The fraction of sp³-hybridized carbons (Fsp3) is 0.200. The number of halogens is 2. The van der Waals surface area contributed by atoms with E-state index < -0.39 is 0 Å². The first-order valence-electron chi connectivity index (χ1n) is 5.92. The maximum atomic E-state index is 13.4. The third kappa shape index (κ3) is 2.88. The van der Waals surface area contributed by atoms with E-state index in [4.69, 9.17) is 22.1 Å². The SMILES string of the molecule is COc1ccc(F)cc1-c1cc(C(C)N)ccc1Cl. The molecule has 0 spiro atoms. The highest BCUT2D eigenvalue weighted by Crippen LogP contribution is 2.36. The van der Waals surface area contributed by atoms with Gasteiger partial charge in [-0.25, -0.2) is 4.39 Å². The minimum Gasteiger partial charge on any atom is -0.496 e. The molecule has 0 amide bonds. The first kappa shape index (κ1) is 13.8. The van der Waals surface area contributed by atoms with Crippen molar-refractivity contribution in [3.05, 3.63) is 52.8 Å². The van der Waals surface area contributed by atoms with E-state index in [2.05, 4.69) is 0 Å². The zero-order valence-electron chi connectivity index (χ0n) is 10.8. The molecule has 2 aromatic rings. The number of methoxy groups -OCH3 is 1. The Kier molecular flexibility index (Phi) is 4.08. The molecular weight excluding hydrogens is 265 g/mol. The number of rotatable bonds is 3. The number of hydrogen-bond donors (Lipinski definition) is 1.